The third kappa shape index (κ3) is 3.30. The lowest BCUT2D eigenvalue weighted by Crippen LogP contribution is -2.05. The summed E-state index contributed by atoms with van der Waals surface area (Å²) in [5.74, 6) is 1.57. The molecule has 18 heavy (non-hydrogen) atoms. The molecule has 0 fully saturated rings. The van der Waals surface area contributed by atoms with Crippen LogP contribution in [0.4, 0.5) is 0 Å². The molecule has 0 N–H and O–H groups in total. The van der Waals surface area contributed by atoms with Crippen LogP contribution >= 0.6 is 27.5 Å². The molecule has 2 aromatic rings. The van der Waals surface area contributed by atoms with Crippen LogP contribution in [0.5, 0.6) is 5.75 Å². The molecule has 0 radical (unpaired) electrons. The predicted molar refractivity (Wildman–Crippen MR) is 76.3 cm³/mol. The first-order chi connectivity index (χ1) is 8.56. The van der Waals surface area contributed by atoms with E-state index in [0.29, 0.717) is 4.67 Å². The predicted octanol–water partition coefficient (Wildman–Crippen LogP) is 5.16. The maximum absolute atomic E-state index is 6.35. The molecule has 0 aliphatic carbocycles. The van der Waals surface area contributed by atoms with Gasteiger partial charge in [0.25, 0.3) is 0 Å². The van der Waals surface area contributed by atoms with Crippen LogP contribution in [-0.2, 0) is 0 Å². The van der Waals surface area contributed by atoms with Gasteiger partial charge in [-0.2, -0.15) is 0 Å². The fraction of sp³-hybridized carbons (Fsp3) is 0.286. The molecule has 0 saturated carbocycles. The molecule has 2 rings (SSSR count). The van der Waals surface area contributed by atoms with Crippen molar-refractivity contribution >= 4 is 27.5 Å². The van der Waals surface area contributed by atoms with Gasteiger partial charge in [0.05, 0.1) is 6.10 Å². The highest BCUT2D eigenvalue weighted by Gasteiger charge is 2.14. The third-order valence-electron chi connectivity index (χ3n) is 2.39. The molecular weight excluding hydrogens is 316 g/mol. The van der Waals surface area contributed by atoms with Crippen molar-refractivity contribution in [1.29, 1.82) is 0 Å². The van der Waals surface area contributed by atoms with Crippen molar-refractivity contribution in [1.82, 2.24) is 0 Å². The minimum Gasteiger partial charge on any atom is -0.491 e. The number of benzene rings is 1. The number of hydrogen-bond donors (Lipinski definition) is 0. The van der Waals surface area contributed by atoms with E-state index in [1.165, 1.54) is 0 Å². The topological polar surface area (TPSA) is 22.4 Å². The van der Waals surface area contributed by atoms with Crippen molar-refractivity contribution in [2.45, 2.75) is 25.3 Å². The fourth-order valence-electron chi connectivity index (χ4n) is 1.62. The highest BCUT2D eigenvalue weighted by Crippen LogP contribution is 2.32. The lowest BCUT2D eigenvalue weighted by atomic mass is 10.1. The highest BCUT2D eigenvalue weighted by molar-refractivity contribution is 9.10. The van der Waals surface area contributed by atoms with Gasteiger partial charge in [-0.05, 0) is 59.6 Å². The van der Waals surface area contributed by atoms with Crippen LogP contribution in [0.3, 0.4) is 0 Å². The monoisotopic (exact) mass is 328 g/mol. The Morgan fingerprint density at radius 2 is 1.78 bits per heavy atom. The molecule has 1 atom stereocenters. The van der Waals surface area contributed by atoms with Crippen LogP contribution in [0.2, 0.25) is 0 Å². The molecule has 2 nitrogen and oxygen atoms in total. The van der Waals surface area contributed by atoms with Gasteiger partial charge in [0, 0.05) is 0 Å². The molecule has 1 aromatic carbocycles. The summed E-state index contributed by atoms with van der Waals surface area (Å²) in [5, 5.41) is -0.288. The number of hydrogen-bond acceptors (Lipinski definition) is 2. The van der Waals surface area contributed by atoms with E-state index in [1.54, 1.807) is 0 Å². The summed E-state index contributed by atoms with van der Waals surface area (Å²) in [6.07, 6.45) is 0.170. The van der Waals surface area contributed by atoms with Gasteiger partial charge in [-0.25, -0.2) is 0 Å². The molecule has 0 saturated heterocycles. The summed E-state index contributed by atoms with van der Waals surface area (Å²) in [6, 6.07) is 11.4. The van der Waals surface area contributed by atoms with E-state index in [-0.39, 0.29) is 11.5 Å². The Kier molecular flexibility index (Phi) is 4.36. The fourth-order valence-corrected chi connectivity index (χ4v) is 2.20. The maximum atomic E-state index is 6.35. The van der Waals surface area contributed by atoms with E-state index < -0.39 is 0 Å². The summed E-state index contributed by atoms with van der Waals surface area (Å²) >= 11 is 9.61. The van der Waals surface area contributed by atoms with Gasteiger partial charge < -0.3 is 9.15 Å². The quantitative estimate of drug-likeness (QED) is 0.723. The number of rotatable bonds is 4. The first-order valence-corrected chi connectivity index (χ1v) is 6.95. The summed E-state index contributed by atoms with van der Waals surface area (Å²) in [7, 11) is 0. The van der Waals surface area contributed by atoms with Crippen molar-refractivity contribution in [2.24, 2.45) is 0 Å². The van der Waals surface area contributed by atoms with E-state index in [1.807, 2.05) is 50.2 Å². The van der Waals surface area contributed by atoms with Gasteiger partial charge in [0.15, 0.2) is 4.67 Å². The van der Waals surface area contributed by atoms with E-state index in [4.69, 9.17) is 20.8 Å². The second kappa shape index (κ2) is 5.81. The van der Waals surface area contributed by atoms with Crippen LogP contribution in [0.15, 0.2) is 45.5 Å². The first-order valence-electron chi connectivity index (χ1n) is 5.72. The number of halogens is 2. The Morgan fingerprint density at radius 1 is 1.11 bits per heavy atom. The number of alkyl halides is 1. The number of ether oxygens (including phenoxy) is 1. The highest BCUT2D eigenvalue weighted by atomic mass is 79.9. The molecule has 1 unspecified atom stereocenters. The Bertz CT molecular complexity index is 505. The first kappa shape index (κ1) is 13.5. The third-order valence-corrected chi connectivity index (χ3v) is 3.28. The van der Waals surface area contributed by atoms with Crippen molar-refractivity contribution in [2.75, 3.05) is 0 Å². The summed E-state index contributed by atoms with van der Waals surface area (Å²) in [6.45, 7) is 4.00. The Hall–Kier alpha value is -0.930. The molecule has 0 aliphatic rings. The van der Waals surface area contributed by atoms with Crippen LogP contribution in [-0.4, -0.2) is 6.10 Å². The zero-order valence-corrected chi connectivity index (χ0v) is 12.5. The molecule has 0 bridgehead atoms. The lowest BCUT2D eigenvalue weighted by Gasteiger charge is -2.11. The van der Waals surface area contributed by atoms with E-state index in [9.17, 15) is 0 Å². The van der Waals surface area contributed by atoms with E-state index >= 15 is 0 Å². The molecule has 1 heterocycles. The van der Waals surface area contributed by atoms with E-state index in [2.05, 4.69) is 15.9 Å². The Morgan fingerprint density at radius 3 is 2.28 bits per heavy atom. The van der Waals surface area contributed by atoms with Gasteiger partial charge in [-0.15, -0.1) is 11.6 Å². The lowest BCUT2D eigenvalue weighted by molar-refractivity contribution is 0.242. The largest absolute Gasteiger partial charge is 0.491 e. The minimum absolute atomic E-state index is 0.170. The van der Waals surface area contributed by atoms with Gasteiger partial charge >= 0.3 is 0 Å². The maximum Gasteiger partial charge on any atom is 0.169 e. The van der Waals surface area contributed by atoms with Crippen LogP contribution in [0.1, 0.15) is 30.5 Å². The average Bonchev–Trinajstić information content (AvgIpc) is 2.75. The second-order valence-electron chi connectivity index (χ2n) is 4.24. The number of furan rings is 1. The van der Waals surface area contributed by atoms with Crippen molar-refractivity contribution < 1.29 is 9.15 Å². The van der Waals surface area contributed by atoms with Crippen molar-refractivity contribution in [3.8, 4) is 5.75 Å². The minimum atomic E-state index is -0.288. The van der Waals surface area contributed by atoms with Crippen LogP contribution < -0.4 is 4.74 Å². The van der Waals surface area contributed by atoms with Gasteiger partial charge in [-0.1, -0.05) is 12.1 Å². The molecule has 96 valence electrons. The normalized spacial score (nSPS) is 12.7. The van der Waals surface area contributed by atoms with Crippen LogP contribution in [0.25, 0.3) is 0 Å². The summed E-state index contributed by atoms with van der Waals surface area (Å²) in [4.78, 5) is 0. The van der Waals surface area contributed by atoms with Crippen molar-refractivity contribution in [3.63, 3.8) is 0 Å². The standard InChI is InChI=1S/C14H14BrClO2/c1-9(2)17-11-5-3-10(4-6-11)14(16)12-7-8-13(15)18-12/h3-9,14H,1-2H3. The molecular formula is C14H14BrClO2. The summed E-state index contributed by atoms with van der Waals surface area (Å²) in [5.41, 5.74) is 0.981. The SMILES string of the molecule is CC(C)Oc1ccc(C(Cl)c2ccc(Br)o2)cc1. The molecule has 1 aromatic heterocycles. The zero-order valence-electron chi connectivity index (χ0n) is 10.2. The van der Waals surface area contributed by atoms with Gasteiger partial charge in [0.1, 0.15) is 16.9 Å². The molecule has 0 aliphatic heterocycles. The van der Waals surface area contributed by atoms with E-state index in [0.717, 1.165) is 17.1 Å². The summed E-state index contributed by atoms with van der Waals surface area (Å²) < 4.78 is 11.7. The molecule has 0 spiro atoms. The zero-order chi connectivity index (χ0) is 13.1. The Labute approximate surface area is 120 Å². The smallest absolute Gasteiger partial charge is 0.169 e. The Balaban J connectivity index is 2.14. The van der Waals surface area contributed by atoms with Gasteiger partial charge in [-0.3, -0.25) is 0 Å². The van der Waals surface area contributed by atoms with Gasteiger partial charge in [0.2, 0.25) is 0 Å². The second-order valence-corrected chi connectivity index (χ2v) is 5.46. The molecule has 0 amide bonds. The molecule has 4 heteroatoms. The van der Waals surface area contributed by atoms with Crippen molar-refractivity contribution in [3.05, 3.63) is 52.4 Å². The average molecular weight is 330 g/mol. The van der Waals surface area contributed by atoms with Crippen LogP contribution in [0, 0.1) is 0 Å².